The molecule has 0 aliphatic carbocycles. The average Bonchev–Trinajstić information content (AvgIpc) is 2.55. The highest BCUT2D eigenvalue weighted by molar-refractivity contribution is 9.15. The Balaban J connectivity index is 2.57. The zero-order valence-electron chi connectivity index (χ0n) is 11.5. The van der Waals surface area contributed by atoms with Gasteiger partial charge < -0.3 is 10.4 Å². The van der Waals surface area contributed by atoms with E-state index >= 15 is 0 Å². The van der Waals surface area contributed by atoms with Crippen LogP contribution in [0.15, 0.2) is 42.2 Å². The molecule has 0 heterocycles. The van der Waals surface area contributed by atoms with Crippen LogP contribution in [0.4, 0.5) is 5.69 Å². The minimum atomic E-state index is -1.26. The number of nitrogens with one attached hydrogen (secondary N) is 1. The Labute approximate surface area is 170 Å². The molecule has 122 valence electrons. The van der Waals surface area contributed by atoms with Gasteiger partial charge in [0.1, 0.15) is 0 Å². The monoisotopic (exact) mass is 578 g/mol. The van der Waals surface area contributed by atoms with Crippen LogP contribution in [0.25, 0.3) is 0 Å². The van der Waals surface area contributed by atoms with Gasteiger partial charge in [0.25, 0.3) is 5.91 Å². The molecule has 2 aromatic carbocycles. The molecule has 0 saturated carbocycles. The SMILES string of the molecule is N#Cc1cccc(NC(=O)c2c(Br)c(Br)c(Br)c(Br)c2C(=O)O)c1. The van der Waals surface area contributed by atoms with Crippen molar-refractivity contribution in [3.63, 3.8) is 0 Å². The van der Waals surface area contributed by atoms with Crippen LogP contribution in [0.1, 0.15) is 26.3 Å². The molecular weight excluding hydrogens is 576 g/mol. The lowest BCUT2D eigenvalue weighted by Crippen LogP contribution is -2.18. The third-order valence-electron chi connectivity index (χ3n) is 2.96. The maximum absolute atomic E-state index is 12.6. The number of halogens is 4. The number of carboxylic acid groups (broad SMARTS) is 1. The molecule has 5 nitrogen and oxygen atoms in total. The lowest BCUT2D eigenvalue weighted by atomic mass is 10.1. The molecule has 2 rings (SSSR count). The second-order valence-corrected chi connectivity index (χ2v) is 7.63. The highest BCUT2D eigenvalue weighted by Gasteiger charge is 2.27. The predicted octanol–water partition coefficient (Wildman–Crippen LogP) is 5.56. The van der Waals surface area contributed by atoms with Crippen molar-refractivity contribution in [1.82, 2.24) is 0 Å². The molecule has 0 aliphatic heterocycles. The molecule has 1 amide bonds. The van der Waals surface area contributed by atoms with Gasteiger partial charge in [0.15, 0.2) is 0 Å². The summed E-state index contributed by atoms with van der Waals surface area (Å²) in [6.45, 7) is 0. The lowest BCUT2D eigenvalue weighted by Gasteiger charge is -2.14. The molecule has 0 aliphatic rings. The van der Waals surface area contributed by atoms with Gasteiger partial charge in [-0.25, -0.2) is 4.79 Å². The van der Waals surface area contributed by atoms with Crippen LogP contribution in [0.2, 0.25) is 0 Å². The summed E-state index contributed by atoms with van der Waals surface area (Å²) in [6.07, 6.45) is 0. The highest BCUT2D eigenvalue weighted by Crippen LogP contribution is 2.42. The Kier molecular flexibility index (Phi) is 6.20. The molecule has 0 aromatic heterocycles. The van der Waals surface area contributed by atoms with E-state index < -0.39 is 11.9 Å². The van der Waals surface area contributed by atoms with Crippen LogP contribution in [-0.4, -0.2) is 17.0 Å². The van der Waals surface area contributed by atoms with E-state index in [1.807, 2.05) is 6.07 Å². The fourth-order valence-corrected chi connectivity index (χ4v) is 4.37. The first-order valence-electron chi connectivity index (χ1n) is 6.18. The van der Waals surface area contributed by atoms with Gasteiger partial charge in [-0.15, -0.1) is 0 Å². The molecule has 2 N–H and O–H groups in total. The summed E-state index contributed by atoms with van der Waals surface area (Å²) in [5, 5.41) is 21.0. The van der Waals surface area contributed by atoms with E-state index in [9.17, 15) is 14.7 Å². The van der Waals surface area contributed by atoms with Gasteiger partial charge in [-0.2, -0.15) is 5.26 Å². The van der Waals surface area contributed by atoms with Gasteiger partial charge in [-0.05, 0) is 81.9 Å². The first-order valence-corrected chi connectivity index (χ1v) is 9.35. The molecule has 0 fully saturated rings. The zero-order chi connectivity index (χ0) is 18.0. The number of benzene rings is 2. The molecule has 0 bridgehead atoms. The molecule has 9 heteroatoms. The number of hydrogen-bond donors (Lipinski definition) is 2. The molecule has 24 heavy (non-hydrogen) atoms. The topological polar surface area (TPSA) is 90.2 Å². The summed E-state index contributed by atoms with van der Waals surface area (Å²) in [4.78, 5) is 24.2. The molecule has 0 atom stereocenters. The highest BCUT2D eigenvalue weighted by atomic mass is 79.9. The van der Waals surface area contributed by atoms with Crippen molar-refractivity contribution in [3.05, 3.63) is 58.8 Å². The molecule has 0 spiro atoms. The van der Waals surface area contributed by atoms with Crippen molar-refractivity contribution in [2.24, 2.45) is 0 Å². The smallest absolute Gasteiger partial charge is 0.337 e. The van der Waals surface area contributed by atoms with Crippen molar-refractivity contribution in [2.45, 2.75) is 0 Å². The van der Waals surface area contributed by atoms with Crippen molar-refractivity contribution < 1.29 is 14.7 Å². The molecular formula is C15H6Br4N2O3. The maximum Gasteiger partial charge on any atom is 0.337 e. The fraction of sp³-hybridized carbons (Fsp3) is 0. The first kappa shape index (κ1) is 19.1. The Bertz CT molecular complexity index is 907. The Morgan fingerprint density at radius 1 is 1.00 bits per heavy atom. The number of hydrogen-bond acceptors (Lipinski definition) is 3. The molecule has 2 aromatic rings. The van der Waals surface area contributed by atoms with E-state index in [1.54, 1.807) is 18.2 Å². The van der Waals surface area contributed by atoms with Gasteiger partial charge in [-0.1, -0.05) is 6.07 Å². The van der Waals surface area contributed by atoms with E-state index in [2.05, 4.69) is 69.0 Å². The van der Waals surface area contributed by atoms with Gasteiger partial charge in [0.05, 0.1) is 22.8 Å². The lowest BCUT2D eigenvalue weighted by molar-refractivity contribution is 0.0691. The van der Waals surface area contributed by atoms with Crippen molar-refractivity contribution in [1.29, 1.82) is 5.26 Å². The summed E-state index contributed by atoms with van der Waals surface area (Å²) in [7, 11) is 0. The quantitative estimate of drug-likeness (QED) is 0.367. The van der Waals surface area contributed by atoms with E-state index in [4.69, 9.17) is 5.26 Å². The number of aromatic carboxylic acids is 1. The Hall–Kier alpha value is -1.21. The van der Waals surface area contributed by atoms with Gasteiger partial charge in [0.2, 0.25) is 0 Å². The van der Waals surface area contributed by atoms with E-state index in [-0.39, 0.29) is 15.6 Å². The zero-order valence-corrected chi connectivity index (χ0v) is 17.9. The first-order chi connectivity index (χ1) is 11.3. The van der Waals surface area contributed by atoms with Gasteiger partial charge in [0, 0.05) is 23.6 Å². The number of nitriles is 1. The van der Waals surface area contributed by atoms with E-state index in [0.717, 1.165) is 0 Å². The number of carbonyl (C=O) groups excluding carboxylic acids is 1. The van der Waals surface area contributed by atoms with Crippen LogP contribution >= 0.6 is 63.7 Å². The van der Waals surface area contributed by atoms with Crippen LogP contribution in [-0.2, 0) is 0 Å². The number of carboxylic acids is 1. The van der Waals surface area contributed by atoms with Crippen molar-refractivity contribution in [3.8, 4) is 6.07 Å². The van der Waals surface area contributed by atoms with E-state index in [0.29, 0.717) is 24.7 Å². The summed E-state index contributed by atoms with van der Waals surface area (Å²) in [6, 6.07) is 8.29. The average molecular weight is 582 g/mol. The number of carbonyl (C=O) groups is 2. The number of nitrogens with zero attached hydrogens (tertiary/aromatic N) is 1. The summed E-state index contributed by atoms with van der Waals surface area (Å²) >= 11 is 13.0. The van der Waals surface area contributed by atoms with Crippen LogP contribution < -0.4 is 5.32 Å². The van der Waals surface area contributed by atoms with Gasteiger partial charge >= 0.3 is 5.97 Å². The Morgan fingerprint density at radius 2 is 1.58 bits per heavy atom. The van der Waals surface area contributed by atoms with Crippen molar-refractivity contribution in [2.75, 3.05) is 5.32 Å². The van der Waals surface area contributed by atoms with Crippen LogP contribution in [0.5, 0.6) is 0 Å². The number of anilines is 1. The summed E-state index contributed by atoms with van der Waals surface area (Å²) < 4.78 is 1.50. The molecule has 0 unspecified atom stereocenters. The fourth-order valence-electron chi connectivity index (χ4n) is 1.91. The third-order valence-corrected chi connectivity index (χ3v) is 7.73. The van der Waals surface area contributed by atoms with E-state index in [1.165, 1.54) is 6.07 Å². The number of amides is 1. The normalized spacial score (nSPS) is 10.1. The van der Waals surface area contributed by atoms with Crippen LogP contribution in [0, 0.1) is 11.3 Å². The summed E-state index contributed by atoms with van der Waals surface area (Å²) in [5.74, 6) is -1.88. The minimum Gasteiger partial charge on any atom is -0.478 e. The second-order valence-electron chi connectivity index (χ2n) is 4.46. The molecule has 0 saturated heterocycles. The largest absolute Gasteiger partial charge is 0.478 e. The third kappa shape index (κ3) is 3.72. The standard InChI is InChI=1S/C15H6Br4N2O3/c16-10-8(9(15(23)24)11(17)13(19)12(10)18)14(22)21-7-3-1-2-6(4-7)5-20/h1-4H,(H,21,22)(H,23,24). The number of rotatable bonds is 3. The second kappa shape index (κ2) is 7.78. The van der Waals surface area contributed by atoms with Crippen LogP contribution in [0.3, 0.4) is 0 Å². The maximum atomic E-state index is 12.6. The summed E-state index contributed by atoms with van der Waals surface area (Å²) in [5.41, 5.74) is 0.527. The minimum absolute atomic E-state index is 0.0492. The predicted molar refractivity (Wildman–Crippen MR) is 103 cm³/mol. The van der Waals surface area contributed by atoms with Gasteiger partial charge in [-0.3, -0.25) is 4.79 Å². The van der Waals surface area contributed by atoms with Crippen molar-refractivity contribution >= 4 is 81.3 Å². The Morgan fingerprint density at radius 3 is 2.12 bits per heavy atom. The molecule has 0 radical (unpaired) electrons.